The lowest BCUT2D eigenvalue weighted by molar-refractivity contribution is -0.138. The summed E-state index contributed by atoms with van der Waals surface area (Å²) < 4.78 is 0. The van der Waals surface area contributed by atoms with E-state index in [4.69, 9.17) is 5.11 Å². The molecule has 3 nitrogen and oxygen atoms in total. The van der Waals surface area contributed by atoms with Crippen molar-refractivity contribution in [2.75, 3.05) is 13.1 Å². The molecule has 98 valence electrons. The SMILES string of the molecule is CC1CCC(CN2CCCC2CC(=O)O)CC1. The predicted octanol–water partition coefficient (Wildman–Crippen LogP) is 2.75. The monoisotopic (exact) mass is 239 g/mol. The molecule has 1 aliphatic heterocycles. The second kappa shape index (κ2) is 5.85. The molecule has 17 heavy (non-hydrogen) atoms. The van der Waals surface area contributed by atoms with E-state index in [0.717, 1.165) is 31.3 Å². The molecule has 1 aliphatic carbocycles. The Balaban J connectivity index is 1.79. The van der Waals surface area contributed by atoms with Crippen molar-refractivity contribution < 1.29 is 9.90 Å². The van der Waals surface area contributed by atoms with Gasteiger partial charge in [0.2, 0.25) is 0 Å². The lowest BCUT2D eigenvalue weighted by Crippen LogP contribution is -2.36. The van der Waals surface area contributed by atoms with Crippen LogP contribution >= 0.6 is 0 Å². The van der Waals surface area contributed by atoms with Crippen LogP contribution in [0, 0.1) is 11.8 Å². The van der Waals surface area contributed by atoms with Crippen molar-refractivity contribution in [2.24, 2.45) is 11.8 Å². The van der Waals surface area contributed by atoms with Crippen molar-refractivity contribution in [3.8, 4) is 0 Å². The lowest BCUT2D eigenvalue weighted by atomic mass is 9.82. The summed E-state index contributed by atoms with van der Waals surface area (Å²) in [5.74, 6) is 1.08. The number of likely N-dealkylation sites (tertiary alicyclic amines) is 1. The van der Waals surface area contributed by atoms with E-state index in [2.05, 4.69) is 11.8 Å². The second-order valence-corrected chi connectivity index (χ2v) is 6.01. The van der Waals surface area contributed by atoms with Gasteiger partial charge in [-0.25, -0.2) is 0 Å². The number of hydrogen-bond acceptors (Lipinski definition) is 2. The molecule has 1 saturated carbocycles. The van der Waals surface area contributed by atoms with Crippen LogP contribution in [0.5, 0.6) is 0 Å². The zero-order valence-corrected chi connectivity index (χ0v) is 10.9. The van der Waals surface area contributed by atoms with Gasteiger partial charge in [0.25, 0.3) is 0 Å². The van der Waals surface area contributed by atoms with Crippen molar-refractivity contribution in [3.05, 3.63) is 0 Å². The Morgan fingerprint density at radius 3 is 2.59 bits per heavy atom. The fraction of sp³-hybridized carbons (Fsp3) is 0.929. The first-order valence-corrected chi connectivity index (χ1v) is 7.11. The summed E-state index contributed by atoms with van der Waals surface area (Å²) in [6.07, 6.45) is 8.01. The molecule has 0 aromatic heterocycles. The minimum absolute atomic E-state index is 0.312. The fourth-order valence-corrected chi connectivity index (χ4v) is 3.41. The summed E-state index contributed by atoms with van der Waals surface area (Å²) in [6.45, 7) is 4.61. The zero-order valence-electron chi connectivity index (χ0n) is 10.9. The number of hydrogen-bond donors (Lipinski definition) is 1. The molecule has 1 heterocycles. The van der Waals surface area contributed by atoms with Crippen molar-refractivity contribution in [3.63, 3.8) is 0 Å². The van der Waals surface area contributed by atoms with Gasteiger partial charge in [-0.15, -0.1) is 0 Å². The zero-order chi connectivity index (χ0) is 12.3. The second-order valence-electron chi connectivity index (χ2n) is 6.01. The fourth-order valence-electron chi connectivity index (χ4n) is 3.41. The van der Waals surface area contributed by atoms with Gasteiger partial charge >= 0.3 is 5.97 Å². The Labute approximate surface area is 104 Å². The lowest BCUT2D eigenvalue weighted by Gasteiger charge is -2.32. The van der Waals surface area contributed by atoms with Gasteiger partial charge in [-0.05, 0) is 44.1 Å². The topological polar surface area (TPSA) is 40.5 Å². The largest absolute Gasteiger partial charge is 0.481 e. The van der Waals surface area contributed by atoms with Gasteiger partial charge in [0.1, 0.15) is 0 Å². The third-order valence-corrected chi connectivity index (χ3v) is 4.54. The minimum Gasteiger partial charge on any atom is -0.481 e. The van der Waals surface area contributed by atoms with Gasteiger partial charge in [0.15, 0.2) is 0 Å². The summed E-state index contributed by atoms with van der Waals surface area (Å²) >= 11 is 0. The average Bonchev–Trinajstić information content (AvgIpc) is 2.68. The Morgan fingerprint density at radius 2 is 1.94 bits per heavy atom. The molecule has 0 radical (unpaired) electrons. The van der Waals surface area contributed by atoms with Crippen LogP contribution in [-0.4, -0.2) is 35.1 Å². The molecule has 2 fully saturated rings. The van der Waals surface area contributed by atoms with Crippen LogP contribution in [0.15, 0.2) is 0 Å². The van der Waals surface area contributed by atoms with Gasteiger partial charge in [0, 0.05) is 12.6 Å². The van der Waals surface area contributed by atoms with Crippen LogP contribution in [0.4, 0.5) is 0 Å². The molecule has 0 aromatic rings. The highest BCUT2D eigenvalue weighted by Gasteiger charge is 2.29. The minimum atomic E-state index is -0.640. The van der Waals surface area contributed by atoms with E-state index in [1.54, 1.807) is 0 Å². The van der Waals surface area contributed by atoms with Crippen LogP contribution in [0.2, 0.25) is 0 Å². The number of nitrogens with zero attached hydrogens (tertiary/aromatic N) is 1. The number of carboxylic acids is 1. The van der Waals surface area contributed by atoms with E-state index in [-0.39, 0.29) is 0 Å². The predicted molar refractivity (Wildman–Crippen MR) is 68.0 cm³/mol. The maximum absolute atomic E-state index is 10.8. The summed E-state index contributed by atoms with van der Waals surface area (Å²) in [5, 5.41) is 8.91. The maximum atomic E-state index is 10.8. The van der Waals surface area contributed by atoms with Crippen LogP contribution in [0.3, 0.4) is 0 Å². The third kappa shape index (κ3) is 3.70. The van der Waals surface area contributed by atoms with Gasteiger partial charge in [-0.2, -0.15) is 0 Å². The molecule has 2 aliphatic rings. The Morgan fingerprint density at radius 1 is 1.24 bits per heavy atom. The van der Waals surface area contributed by atoms with Crippen LogP contribution in [0.1, 0.15) is 51.9 Å². The highest BCUT2D eigenvalue weighted by molar-refractivity contribution is 5.67. The highest BCUT2D eigenvalue weighted by Crippen LogP contribution is 2.31. The third-order valence-electron chi connectivity index (χ3n) is 4.54. The van der Waals surface area contributed by atoms with Crippen molar-refractivity contribution in [2.45, 2.75) is 57.9 Å². The molecule has 1 N–H and O–H groups in total. The van der Waals surface area contributed by atoms with Crippen molar-refractivity contribution >= 4 is 5.97 Å². The van der Waals surface area contributed by atoms with E-state index in [0.29, 0.717) is 12.5 Å². The van der Waals surface area contributed by atoms with Gasteiger partial charge in [0.05, 0.1) is 6.42 Å². The van der Waals surface area contributed by atoms with E-state index < -0.39 is 5.97 Å². The highest BCUT2D eigenvalue weighted by atomic mass is 16.4. The standard InChI is InChI=1S/C14H25NO2/c1-11-4-6-12(7-5-11)10-15-8-2-3-13(15)9-14(16)17/h11-13H,2-10H2,1H3,(H,16,17). The number of rotatable bonds is 4. The number of carbonyl (C=O) groups is 1. The summed E-state index contributed by atoms with van der Waals surface area (Å²) in [7, 11) is 0. The summed E-state index contributed by atoms with van der Waals surface area (Å²) in [6, 6.07) is 0.312. The molecule has 0 amide bonds. The number of aliphatic carboxylic acids is 1. The molecule has 1 atom stereocenters. The van der Waals surface area contributed by atoms with Crippen LogP contribution in [-0.2, 0) is 4.79 Å². The molecular weight excluding hydrogens is 214 g/mol. The Kier molecular flexibility index (Phi) is 4.43. The maximum Gasteiger partial charge on any atom is 0.304 e. The van der Waals surface area contributed by atoms with Crippen LogP contribution < -0.4 is 0 Å². The molecule has 2 rings (SSSR count). The van der Waals surface area contributed by atoms with Crippen LogP contribution in [0.25, 0.3) is 0 Å². The molecule has 0 bridgehead atoms. The first kappa shape index (κ1) is 12.9. The Hall–Kier alpha value is -0.570. The quantitative estimate of drug-likeness (QED) is 0.820. The van der Waals surface area contributed by atoms with E-state index >= 15 is 0 Å². The van der Waals surface area contributed by atoms with E-state index in [9.17, 15) is 4.79 Å². The van der Waals surface area contributed by atoms with Crippen molar-refractivity contribution in [1.29, 1.82) is 0 Å². The van der Waals surface area contributed by atoms with Gasteiger partial charge < -0.3 is 5.11 Å². The van der Waals surface area contributed by atoms with Crippen molar-refractivity contribution in [1.82, 2.24) is 4.90 Å². The summed E-state index contributed by atoms with van der Waals surface area (Å²) in [5.41, 5.74) is 0. The molecule has 0 aromatic carbocycles. The first-order valence-electron chi connectivity index (χ1n) is 7.11. The van der Waals surface area contributed by atoms with Gasteiger partial charge in [-0.3, -0.25) is 9.69 Å². The average molecular weight is 239 g/mol. The number of carboxylic acid groups (broad SMARTS) is 1. The Bertz CT molecular complexity index is 259. The molecule has 1 saturated heterocycles. The molecule has 3 heteroatoms. The first-order chi connectivity index (χ1) is 8.15. The molecular formula is C14H25NO2. The smallest absolute Gasteiger partial charge is 0.304 e. The van der Waals surface area contributed by atoms with E-state index in [1.165, 1.54) is 32.1 Å². The van der Waals surface area contributed by atoms with Gasteiger partial charge in [-0.1, -0.05) is 19.8 Å². The molecule has 1 unspecified atom stereocenters. The van der Waals surface area contributed by atoms with E-state index in [1.807, 2.05) is 0 Å². The normalized spacial score (nSPS) is 35.0. The summed E-state index contributed by atoms with van der Waals surface area (Å²) in [4.78, 5) is 13.2. The molecule has 0 spiro atoms.